The van der Waals surface area contributed by atoms with Gasteiger partial charge in [-0.3, -0.25) is 9.59 Å². The zero-order valence-electron chi connectivity index (χ0n) is 14.5. The number of nitrogens with one attached hydrogen (secondary N) is 1. The minimum Gasteiger partial charge on any atom is -0.369 e. The fourth-order valence-corrected chi connectivity index (χ4v) is 3.12. The highest BCUT2D eigenvalue weighted by Gasteiger charge is 2.23. The van der Waals surface area contributed by atoms with Gasteiger partial charge in [0.25, 0.3) is 5.91 Å². The smallest absolute Gasteiger partial charge is 0.251 e. The summed E-state index contributed by atoms with van der Waals surface area (Å²) in [5, 5.41) is 13.9. The number of aromatic nitrogens is 4. The predicted octanol–water partition coefficient (Wildman–Crippen LogP) is -0.351. The highest BCUT2D eigenvalue weighted by Crippen LogP contribution is 2.15. The van der Waals surface area contributed by atoms with Crippen LogP contribution in [0.1, 0.15) is 28.8 Å². The molecule has 0 radical (unpaired) electrons. The van der Waals surface area contributed by atoms with E-state index in [0.717, 1.165) is 24.9 Å². The number of rotatable bonds is 7. The fourth-order valence-electron chi connectivity index (χ4n) is 3.12. The van der Waals surface area contributed by atoms with Crippen molar-refractivity contribution < 1.29 is 9.59 Å². The summed E-state index contributed by atoms with van der Waals surface area (Å²) in [7, 11) is 0. The summed E-state index contributed by atoms with van der Waals surface area (Å²) in [5.41, 5.74) is 7.01. The second-order valence-corrected chi connectivity index (χ2v) is 6.50. The van der Waals surface area contributed by atoms with Crippen molar-refractivity contribution in [2.45, 2.75) is 19.4 Å². The molecule has 1 atom stereocenters. The van der Waals surface area contributed by atoms with E-state index in [2.05, 4.69) is 25.7 Å². The lowest BCUT2D eigenvalue weighted by molar-refractivity contribution is -0.123. The Morgan fingerprint density at radius 3 is 2.77 bits per heavy atom. The first-order chi connectivity index (χ1) is 12.6. The van der Waals surface area contributed by atoms with Crippen LogP contribution in [0, 0.1) is 5.92 Å². The molecule has 2 aromatic rings. The average Bonchev–Trinajstić information content (AvgIpc) is 3.15. The maximum Gasteiger partial charge on any atom is 0.251 e. The van der Waals surface area contributed by atoms with E-state index in [4.69, 9.17) is 5.73 Å². The van der Waals surface area contributed by atoms with Crippen molar-refractivity contribution in [3.8, 4) is 0 Å². The molecule has 0 spiro atoms. The number of amides is 2. The first-order valence-electron chi connectivity index (χ1n) is 8.71. The first-order valence-corrected chi connectivity index (χ1v) is 8.71. The van der Waals surface area contributed by atoms with Crippen molar-refractivity contribution in [1.82, 2.24) is 30.4 Å². The molecule has 3 N–H and O–H groups in total. The fraction of sp³-hybridized carbons (Fsp3) is 0.471. The van der Waals surface area contributed by atoms with E-state index in [1.54, 1.807) is 23.1 Å². The lowest BCUT2D eigenvalue weighted by atomic mass is 9.97. The molecule has 0 bridgehead atoms. The van der Waals surface area contributed by atoms with Gasteiger partial charge in [-0.25, -0.2) is 4.68 Å². The first kappa shape index (κ1) is 18.0. The van der Waals surface area contributed by atoms with Crippen LogP contribution in [0.2, 0.25) is 0 Å². The lowest BCUT2D eigenvalue weighted by Crippen LogP contribution is -2.44. The number of tetrazole rings is 1. The van der Waals surface area contributed by atoms with E-state index in [0.29, 0.717) is 31.7 Å². The number of benzene rings is 1. The Bertz CT molecular complexity index is 730. The van der Waals surface area contributed by atoms with Crippen molar-refractivity contribution in [2.24, 2.45) is 11.7 Å². The van der Waals surface area contributed by atoms with Crippen molar-refractivity contribution in [2.75, 3.05) is 26.2 Å². The Morgan fingerprint density at radius 2 is 2.08 bits per heavy atom. The number of piperidine rings is 1. The predicted molar refractivity (Wildman–Crippen MR) is 94.1 cm³/mol. The molecule has 1 aliphatic heterocycles. The lowest BCUT2D eigenvalue weighted by Gasteiger charge is -2.31. The normalized spacial score (nSPS) is 17.8. The van der Waals surface area contributed by atoms with Crippen molar-refractivity contribution in [3.05, 3.63) is 41.7 Å². The summed E-state index contributed by atoms with van der Waals surface area (Å²) in [6.45, 7) is 3.43. The van der Waals surface area contributed by atoms with Crippen LogP contribution in [0.3, 0.4) is 0 Å². The molecule has 1 aromatic heterocycles. The molecule has 1 saturated heterocycles. The third-order valence-electron chi connectivity index (χ3n) is 4.57. The molecule has 2 amide bonds. The monoisotopic (exact) mass is 357 g/mol. The van der Waals surface area contributed by atoms with Crippen LogP contribution < -0.4 is 11.1 Å². The molecule has 138 valence electrons. The molecule has 1 fully saturated rings. The van der Waals surface area contributed by atoms with Crippen LogP contribution in [-0.2, 0) is 11.3 Å². The summed E-state index contributed by atoms with van der Waals surface area (Å²) in [6, 6.07) is 7.36. The van der Waals surface area contributed by atoms with Crippen molar-refractivity contribution in [3.63, 3.8) is 0 Å². The molecule has 3 rings (SSSR count). The molecule has 0 aliphatic carbocycles. The second kappa shape index (κ2) is 8.52. The number of nitrogens with two attached hydrogens (primary N) is 1. The van der Waals surface area contributed by atoms with Gasteiger partial charge in [-0.1, -0.05) is 12.1 Å². The number of primary amides is 1. The molecule has 1 aromatic carbocycles. The summed E-state index contributed by atoms with van der Waals surface area (Å²) >= 11 is 0. The van der Waals surface area contributed by atoms with Gasteiger partial charge in [0.2, 0.25) is 5.91 Å². The van der Waals surface area contributed by atoms with Gasteiger partial charge in [-0.15, -0.1) is 5.10 Å². The van der Waals surface area contributed by atoms with Crippen LogP contribution in [-0.4, -0.2) is 63.1 Å². The average molecular weight is 357 g/mol. The van der Waals surface area contributed by atoms with E-state index >= 15 is 0 Å². The number of carbonyl (C=O) groups is 2. The molecular formula is C17H23N7O2. The number of carbonyl (C=O) groups excluding carboxylic acids is 2. The summed E-state index contributed by atoms with van der Waals surface area (Å²) in [6.07, 6.45) is 3.36. The third kappa shape index (κ3) is 4.85. The van der Waals surface area contributed by atoms with Crippen LogP contribution in [0.4, 0.5) is 0 Å². The minimum atomic E-state index is -0.236. The summed E-state index contributed by atoms with van der Waals surface area (Å²) < 4.78 is 1.62. The molecule has 9 nitrogen and oxygen atoms in total. The van der Waals surface area contributed by atoms with E-state index in [1.807, 2.05) is 12.1 Å². The molecule has 26 heavy (non-hydrogen) atoms. The minimum absolute atomic E-state index is 0.0767. The number of nitrogens with zero attached hydrogens (tertiary/aromatic N) is 5. The molecule has 2 heterocycles. The molecule has 1 aliphatic rings. The Labute approximate surface area is 151 Å². The van der Waals surface area contributed by atoms with E-state index in [-0.39, 0.29) is 17.7 Å². The van der Waals surface area contributed by atoms with Crippen LogP contribution in [0.25, 0.3) is 0 Å². The molecule has 9 heteroatoms. The zero-order valence-corrected chi connectivity index (χ0v) is 14.5. The Hall–Kier alpha value is -2.81. The van der Waals surface area contributed by atoms with Crippen LogP contribution >= 0.6 is 0 Å². The molecule has 0 unspecified atom stereocenters. The number of likely N-dealkylation sites (tertiary alicyclic amines) is 1. The van der Waals surface area contributed by atoms with Crippen LogP contribution in [0.5, 0.6) is 0 Å². The van der Waals surface area contributed by atoms with Gasteiger partial charge in [0.05, 0.1) is 12.5 Å². The maximum atomic E-state index is 12.2. The Morgan fingerprint density at radius 1 is 1.27 bits per heavy atom. The summed E-state index contributed by atoms with van der Waals surface area (Å²) in [5.74, 6) is -0.421. The van der Waals surface area contributed by atoms with E-state index in [1.165, 1.54) is 0 Å². The zero-order chi connectivity index (χ0) is 18.4. The van der Waals surface area contributed by atoms with Gasteiger partial charge in [-0.2, -0.15) is 0 Å². The quantitative estimate of drug-likeness (QED) is 0.699. The maximum absolute atomic E-state index is 12.2. The Balaban J connectivity index is 1.44. The standard InChI is InChI=1S/C17H23N7O2/c18-16(25)15-2-1-8-23(11-15)9-7-19-17(26)14-5-3-13(4-6-14)10-24-12-20-21-22-24/h3-6,12,15H,1-2,7-11H2,(H2,18,25)(H,19,26)/t15-/m1/s1. The van der Waals surface area contributed by atoms with Crippen molar-refractivity contribution >= 4 is 11.8 Å². The largest absolute Gasteiger partial charge is 0.369 e. The van der Waals surface area contributed by atoms with Crippen molar-refractivity contribution in [1.29, 1.82) is 0 Å². The SMILES string of the molecule is NC(=O)[C@@H]1CCCN(CCNC(=O)c2ccc(Cn3cnnn3)cc2)C1. The number of hydrogen-bond acceptors (Lipinski definition) is 6. The van der Waals surface area contributed by atoms with Gasteiger partial charge in [-0.05, 0) is 47.5 Å². The molecular weight excluding hydrogens is 334 g/mol. The second-order valence-electron chi connectivity index (χ2n) is 6.50. The van der Waals surface area contributed by atoms with E-state index < -0.39 is 0 Å². The van der Waals surface area contributed by atoms with Gasteiger partial charge < -0.3 is 16.0 Å². The van der Waals surface area contributed by atoms with Gasteiger partial charge >= 0.3 is 0 Å². The van der Waals surface area contributed by atoms with Gasteiger partial charge in [0.15, 0.2) is 0 Å². The highest BCUT2D eigenvalue weighted by atomic mass is 16.2. The number of hydrogen-bond donors (Lipinski definition) is 2. The third-order valence-corrected chi connectivity index (χ3v) is 4.57. The van der Waals surface area contributed by atoms with E-state index in [9.17, 15) is 9.59 Å². The highest BCUT2D eigenvalue weighted by molar-refractivity contribution is 5.94. The topological polar surface area (TPSA) is 119 Å². The molecule has 0 saturated carbocycles. The van der Waals surface area contributed by atoms with Crippen LogP contribution in [0.15, 0.2) is 30.6 Å². The Kier molecular flexibility index (Phi) is 5.90. The van der Waals surface area contributed by atoms with Gasteiger partial charge in [0, 0.05) is 25.2 Å². The van der Waals surface area contributed by atoms with Gasteiger partial charge in [0.1, 0.15) is 6.33 Å². The summed E-state index contributed by atoms with van der Waals surface area (Å²) in [4.78, 5) is 25.7.